The molecule has 0 aromatic carbocycles. The molecule has 1 amide bonds. The SMILES string of the molecule is CC(CN1CCc2nc(C(F)(F)F)ncc2C1)NC(=O)OC(C)(C)C. The van der Waals surface area contributed by atoms with Gasteiger partial charge in [-0.25, -0.2) is 14.8 Å². The lowest BCUT2D eigenvalue weighted by Gasteiger charge is -2.30. The number of alkyl halides is 3. The Morgan fingerprint density at radius 3 is 2.68 bits per heavy atom. The van der Waals surface area contributed by atoms with Crippen molar-refractivity contribution in [3.05, 3.63) is 23.3 Å². The molecule has 25 heavy (non-hydrogen) atoms. The lowest BCUT2D eigenvalue weighted by molar-refractivity contribution is -0.145. The molecular weight excluding hydrogens is 337 g/mol. The van der Waals surface area contributed by atoms with Crippen LogP contribution in [0.2, 0.25) is 0 Å². The van der Waals surface area contributed by atoms with Crippen molar-refractivity contribution in [2.75, 3.05) is 13.1 Å². The van der Waals surface area contributed by atoms with Crippen LogP contribution in [0.15, 0.2) is 6.20 Å². The maximum Gasteiger partial charge on any atom is 0.451 e. The molecule has 0 spiro atoms. The topological polar surface area (TPSA) is 67.4 Å². The minimum Gasteiger partial charge on any atom is -0.444 e. The van der Waals surface area contributed by atoms with Gasteiger partial charge in [0.1, 0.15) is 5.60 Å². The van der Waals surface area contributed by atoms with Crippen molar-refractivity contribution >= 4 is 6.09 Å². The molecule has 0 radical (unpaired) electrons. The number of carbonyl (C=O) groups is 1. The summed E-state index contributed by atoms with van der Waals surface area (Å²) in [5, 5.41) is 2.75. The number of nitrogens with one attached hydrogen (secondary N) is 1. The number of hydrogen-bond acceptors (Lipinski definition) is 5. The van der Waals surface area contributed by atoms with Crippen LogP contribution in [-0.2, 0) is 23.9 Å². The summed E-state index contributed by atoms with van der Waals surface area (Å²) in [6, 6.07) is -0.160. The molecule has 0 fully saturated rings. The van der Waals surface area contributed by atoms with Gasteiger partial charge >= 0.3 is 12.3 Å². The van der Waals surface area contributed by atoms with Crippen LogP contribution in [0.1, 0.15) is 44.8 Å². The molecule has 1 aromatic rings. The third-order valence-electron chi connectivity index (χ3n) is 3.56. The number of hydrogen-bond donors (Lipinski definition) is 1. The molecule has 140 valence electrons. The van der Waals surface area contributed by atoms with Crippen molar-refractivity contribution < 1.29 is 22.7 Å². The van der Waals surface area contributed by atoms with Crippen molar-refractivity contribution in [2.45, 2.75) is 58.5 Å². The van der Waals surface area contributed by atoms with E-state index in [-0.39, 0.29) is 6.04 Å². The molecule has 0 bridgehead atoms. The van der Waals surface area contributed by atoms with E-state index in [1.54, 1.807) is 20.8 Å². The highest BCUT2D eigenvalue weighted by Crippen LogP contribution is 2.27. The molecule has 2 rings (SSSR count). The third kappa shape index (κ3) is 5.84. The Hall–Kier alpha value is -1.90. The highest BCUT2D eigenvalue weighted by molar-refractivity contribution is 5.68. The maximum absolute atomic E-state index is 12.7. The van der Waals surface area contributed by atoms with Crippen molar-refractivity contribution in [2.24, 2.45) is 0 Å². The third-order valence-corrected chi connectivity index (χ3v) is 3.56. The van der Waals surface area contributed by atoms with Gasteiger partial charge in [-0.3, -0.25) is 4.90 Å². The lowest BCUT2D eigenvalue weighted by Crippen LogP contribution is -2.45. The Bertz CT molecular complexity index is 629. The lowest BCUT2D eigenvalue weighted by atomic mass is 10.1. The summed E-state index contributed by atoms with van der Waals surface area (Å²) in [5.74, 6) is -1.10. The summed E-state index contributed by atoms with van der Waals surface area (Å²) in [6.45, 7) is 8.79. The van der Waals surface area contributed by atoms with E-state index >= 15 is 0 Å². The second-order valence-corrected chi connectivity index (χ2v) is 7.20. The van der Waals surface area contributed by atoms with Crippen LogP contribution in [-0.4, -0.2) is 45.7 Å². The van der Waals surface area contributed by atoms with Crippen LogP contribution < -0.4 is 5.32 Å². The Morgan fingerprint density at radius 2 is 2.08 bits per heavy atom. The van der Waals surface area contributed by atoms with Gasteiger partial charge in [0.25, 0.3) is 0 Å². The highest BCUT2D eigenvalue weighted by Gasteiger charge is 2.35. The number of halogens is 3. The van der Waals surface area contributed by atoms with Gasteiger partial charge in [0, 0.05) is 43.9 Å². The average Bonchev–Trinajstić information content (AvgIpc) is 2.43. The van der Waals surface area contributed by atoms with Gasteiger partial charge in [-0.2, -0.15) is 13.2 Å². The summed E-state index contributed by atoms with van der Waals surface area (Å²) >= 11 is 0. The maximum atomic E-state index is 12.7. The molecule has 0 saturated carbocycles. The molecule has 1 aromatic heterocycles. The Balaban J connectivity index is 1.91. The number of rotatable bonds is 3. The number of fused-ring (bicyclic) bond motifs is 1. The first-order valence-electron chi connectivity index (χ1n) is 8.08. The van der Waals surface area contributed by atoms with Crippen LogP contribution in [0, 0.1) is 0 Å². The largest absolute Gasteiger partial charge is 0.451 e. The first-order valence-corrected chi connectivity index (χ1v) is 8.08. The van der Waals surface area contributed by atoms with Gasteiger partial charge < -0.3 is 10.1 Å². The second kappa shape index (κ2) is 7.15. The van der Waals surface area contributed by atoms with E-state index in [1.807, 2.05) is 11.8 Å². The monoisotopic (exact) mass is 360 g/mol. The fourth-order valence-corrected chi connectivity index (χ4v) is 2.61. The zero-order valence-electron chi connectivity index (χ0n) is 14.8. The fraction of sp³-hybridized carbons (Fsp3) is 0.688. The standard InChI is InChI=1S/C16H23F3N4O2/c1-10(21-14(24)25-15(2,3)4)8-23-6-5-12-11(9-23)7-20-13(22-12)16(17,18)19/h7,10H,5-6,8-9H2,1-4H3,(H,21,24). The quantitative estimate of drug-likeness (QED) is 0.898. The Kier molecular flexibility index (Phi) is 5.55. The van der Waals surface area contributed by atoms with Crippen LogP contribution in [0.3, 0.4) is 0 Å². The van der Waals surface area contributed by atoms with E-state index in [2.05, 4.69) is 15.3 Å². The number of nitrogens with zero attached hydrogens (tertiary/aromatic N) is 3. The summed E-state index contributed by atoms with van der Waals surface area (Å²) in [7, 11) is 0. The van der Waals surface area contributed by atoms with Crippen molar-refractivity contribution in [1.82, 2.24) is 20.2 Å². The van der Waals surface area contributed by atoms with Gasteiger partial charge in [0.15, 0.2) is 0 Å². The van der Waals surface area contributed by atoms with Crippen LogP contribution in [0.25, 0.3) is 0 Å². The number of aromatic nitrogens is 2. The normalized spacial score (nSPS) is 16.9. The minimum atomic E-state index is -4.53. The molecule has 1 aliphatic rings. The van der Waals surface area contributed by atoms with Gasteiger partial charge in [0.2, 0.25) is 5.82 Å². The molecule has 9 heteroatoms. The van der Waals surface area contributed by atoms with E-state index in [4.69, 9.17) is 4.74 Å². The molecule has 0 aliphatic carbocycles. The van der Waals surface area contributed by atoms with Crippen LogP contribution >= 0.6 is 0 Å². The summed E-state index contributed by atoms with van der Waals surface area (Å²) < 4.78 is 43.2. The molecule has 6 nitrogen and oxygen atoms in total. The highest BCUT2D eigenvalue weighted by atomic mass is 19.4. The molecular formula is C16H23F3N4O2. The summed E-state index contributed by atoms with van der Waals surface area (Å²) in [5.41, 5.74) is 0.552. The molecule has 0 saturated heterocycles. The second-order valence-electron chi connectivity index (χ2n) is 7.20. The zero-order valence-corrected chi connectivity index (χ0v) is 14.8. The van der Waals surface area contributed by atoms with Crippen molar-refractivity contribution in [3.8, 4) is 0 Å². The predicted octanol–water partition coefficient (Wildman–Crippen LogP) is 2.77. The zero-order chi connectivity index (χ0) is 18.8. The van der Waals surface area contributed by atoms with Gasteiger partial charge in [-0.1, -0.05) is 0 Å². The van der Waals surface area contributed by atoms with Crippen molar-refractivity contribution in [3.63, 3.8) is 0 Å². The average molecular weight is 360 g/mol. The van der Waals surface area contributed by atoms with Crippen LogP contribution in [0.4, 0.5) is 18.0 Å². The van der Waals surface area contributed by atoms with E-state index in [1.165, 1.54) is 6.20 Å². The fourth-order valence-electron chi connectivity index (χ4n) is 2.61. The molecule has 2 heterocycles. The number of ether oxygens (including phenoxy) is 1. The molecule has 1 N–H and O–H groups in total. The Morgan fingerprint density at radius 1 is 1.40 bits per heavy atom. The number of alkyl carbamates (subject to hydrolysis) is 1. The van der Waals surface area contributed by atoms with E-state index < -0.39 is 23.7 Å². The molecule has 1 aliphatic heterocycles. The first kappa shape index (κ1) is 19.4. The first-order chi connectivity index (χ1) is 11.4. The van der Waals surface area contributed by atoms with E-state index in [0.29, 0.717) is 37.3 Å². The van der Waals surface area contributed by atoms with Crippen molar-refractivity contribution in [1.29, 1.82) is 0 Å². The number of amides is 1. The van der Waals surface area contributed by atoms with Crippen LogP contribution in [0.5, 0.6) is 0 Å². The van der Waals surface area contributed by atoms with Gasteiger partial charge in [-0.05, 0) is 27.7 Å². The smallest absolute Gasteiger partial charge is 0.444 e. The Labute approximate surface area is 144 Å². The molecule has 1 unspecified atom stereocenters. The summed E-state index contributed by atoms with van der Waals surface area (Å²) in [6.07, 6.45) is -3.36. The number of carbonyl (C=O) groups excluding carboxylic acids is 1. The van der Waals surface area contributed by atoms with Gasteiger partial charge in [-0.15, -0.1) is 0 Å². The summed E-state index contributed by atoms with van der Waals surface area (Å²) in [4.78, 5) is 20.9. The van der Waals surface area contributed by atoms with E-state index in [9.17, 15) is 18.0 Å². The van der Waals surface area contributed by atoms with E-state index in [0.717, 1.165) is 0 Å². The van der Waals surface area contributed by atoms with Gasteiger partial charge in [0.05, 0.1) is 5.69 Å². The molecule has 1 atom stereocenters. The minimum absolute atomic E-state index is 0.160. The predicted molar refractivity (Wildman–Crippen MR) is 84.8 cm³/mol.